The summed E-state index contributed by atoms with van der Waals surface area (Å²) in [6, 6.07) is 4.91. The first-order chi connectivity index (χ1) is 15.5. The fraction of sp³-hybridized carbons (Fsp3) is 0.435. The molecule has 1 fully saturated rings. The molecule has 1 aliphatic rings. The van der Waals surface area contributed by atoms with E-state index in [4.69, 9.17) is 4.74 Å². The normalized spacial score (nSPS) is 15.6. The number of ether oxygens (including phenoxy) is 1. The van der Waals surface area contributed by atoms with E-state index in [9.17, 15) is 13.2 Å². The van der Waals surface area contributed by atoms with Crippen LogP contribution in [0.25, 0.3) is 6.08 Å². The van der Waals surface area contributed by atoms with Crippen LogP contribution in [0.2, 0.25) is 0 Å². The highest BCUT2D eigenvalue weighted by molar-refractivity contribution is 7.89. The highest BCUT2D eigenvalue weighted by Crippen LogP contribution is 2.25. The van der Waals surface area contributed by atoms with Gasteiger partial charge in [0.1, 0.15) is 5.60 Å². The number of carbonyl (C=O) groups is 1. The molecular formula is C23H31N5O4S. The zero-order valence-corrected chi connectivity index (χ0v) is 20.4. The van der Waals surface area contributed by atoms with Gasteiger partial charge in [0, 0.05) is 49.8 Å². The number of aryl methyl sites for hydroxylation is 1. The minimum absolute atomic E-state index is 0.208. The molecule has 0 atom stereocenters. The van der Waals surface area contributed by atoms with Crippen molar-refractivity contribution in [1.29, 1.82) is 0 Å². The standard InChI is InChI=1S/C23H31N5O4S/c1-6-18-15-24-21(25-16-18)26-20-9-8-19(14-17(20)2)33(30,31)28-11-7-10-27(12-13-28)22(29)32-23(3,4)5/h6,8-9,14-16H,1,7,10-13H2,2-5H3,(H,24,25,26). The highest BCUT2D eigenvalue weighted by atomic mass is 32.2. The van der Waals surface area contributed by atoms with Crippen molar-refractivity contribution in [1.82, 2.24) is 19.2 Å². The SMILES string of the molecule is C=Cc1cnc(Nc2ccc(S(=O)(=O)N3CCCN(C(=O)OC(C)(C)C)CC3)cc2C)nc1. The third kappa shape index (κ3) is 6.29. The van der Waals surface area contributed by atoms with Gasteiger partial charge < -0.3 is 15.0 Å². The van der Waals surface area contributed by atoms with E-state index in [-0.39, 0.29) is 18.0 Å². The van der Waals surface area contributed by atoms with E-state index in [1.165, 1.54) is 4.31 Å². The Morgan fingerprint density at radius 2 is 1.85 bits per heavy atom. The summed E-state index contributed by atoms with van der Waals surface area (Å²) in [5.41, 5.74) is 1.67. The molecule has 0 unspecified atom stereocenters. The molecule has 2 aromatic rings. The third-order valence-corrected chi connectivity index (χ3v) is 6.99. The summed E-state index contributed by atoms with van der Waals surface area (Å²) in [6.45, 7) is 12.2. The smallest absolute Gasteiger partial charge is 0.410 e. The number of rotatable bonds is 5. The number of nitrogens with zero attached hydrogens (tertiary/aromatic N) is 4. The number of benzene rings is 1. The van der Waals surface area contributed by atoms with E-state index in [0.717, 1.165) is 11.1 Å². The summed E-state index contributed by atoms with van der Waals surface area (Å²) in [5.74, 6) is 0.411. The van der Waals surface area contributed by atoms with E-state index < -0.39 is 21.7 Å². The van der Waals surface area contributed by atoms with E-state index in [1.807, 2.05) is 27.7 Å². The first-order valence-corrected chi connectivity index (χ1v) is 12.2. The quantitative estimate of drug-likeness (QED) is 0.704. The van der Waals surface area contributed by atoms with Gasteiger partial charge in [0.15, 0.2) is 0 Å². The molecule has 1 aromatic carbocycles. The molecule has 9 nitrogen and oxygen atoms in total. The Morgan fingerprint density at radius 1 is 1.15 bits per heavy atom. The van der Waals surface area contributed by atoms with Crippen LogP contribution in [0.1, 0.15) is 38.3 Å². The summed E-state index contributed by atoms with van der Waals surface area (Å²) in [4.78, 5) is 22.6. The maximum Gasteiger partial charge on any atom is 0.410 e. The number of hydrogen-bond donors (Lipinski definition) is 1. The van der Waals surface area contributed by atoms with Crippen LogP contribution < -0.4 is 5.32 Å². The molecule has 178 valence electrons. The van der Waals surface area contributed by atoms with Crippen LogP contribution in [0.3, 0.4) is 0 Å². The Kier molecular flexibility index (Phi) is 7.38. The van der Waals surface area contributed by atoms with Crippen LogP contribution in [0.5, 0.6) is 0 Å². The second-order valence-electron chi connectivity index (χ2n) is 8.87. The lowest BCUT2D eigenvalue weighted by Crippen LogP contribution is -2.40. The molecule has 1 N–H and O–H groups in total. The largest absolute Gasteiger partial charge is 0.444 e. The Balaban J connectivity index is 1.71. The summed E-state index contributed by atoms with van der Waals surface area (Å²) in [5, 5.41) is 3.11. The van der Waals surface area contributed by atoms with Crippen LogP contribution in [-0.4, -0.2) is 65.5 Å². The van der Waals surface area contributed by atoms with Crippen molar-refractivity contribution < 1.29 is 17.9 Å². The van der Waals surface area contributed by atoms with Gasteiger partial charge >= 0.3 is 6.09 Å². The van der Waals surface area contributed by atoms with Crippen LogP contribution in [0, 0.1) is 6.92 Å². The number of hydrogen-bond acceptors (Lipinski definition) is 7. The van der Waals surface area contributed by atoms with Crippen molar-refractivity contribution in [2.45, 2.75) is 44.6 Å². The lowest BCUT2D eigenvalue weighted by Gasteiger charge is -2.26. The molecule has 1 amide bonds. The number of nitrogens with one attached hydrogen (secondary N) is 1. The molecule has 0 bridgehead atoms. The molecule has 33 heavy (non-hydrogen) atoms. The summed E-state index contributed by atoms with van der Waals surface area (Å²) in [6.07, 6.45) is 5.07. The predicted molar refractivity (Wildman–Crippen MR) is 128 cm³/mol. The predicted octanol–water partition coefficient (Wildman–Crippen LogP) is 3.80. The van der Waals surface area contributed by atoms with Crippen molar-refractivity contribution in [2.75, 3.05) is 31.5 Å². The van der Waals surface area contributed by atoms with Crippen molar-refractivity contribution in [3.05, 3.63) is 48.3 Å². The number of carbonyl (C=O) groups excluding carboxylic acids is 1. The Morgan fingerprint density at radius 3 is 2.45 bits per heavy atom. The third-order valence-electron chi connectivity index (χ3n) is 5.10. The second-order valence-corrected chi connectivity index (χ2v) is 10.8. The average Bonchev–Trinajstić information content (AvgIpc) is 3.01. The molecule has 0 radical (unpaired) electrons. The molecule has 1 saturated heterocycles. The van der Waals surface area contributed by atoms with Crippen molar-refractivity contribution >= 4 is 33.8 Å². The van der Waals surface area contributed by atoms with E-state index >= 15 is 0 Å². The molecule has 0 saturated carbocycles. The molecule has 2 heterocycles. The van der Waals surface area contributed by atoms with Gasteiger partial charge in [-0.3, -0.25) is 0 Å². The maximum absolute atomic E-state index is 13.3. The zero-order chi connectivity index (χ0) is 24.2. The van der Waals surface area contributed by atoms with Crippen LogP contribution >= 0.6 is 0 Å². The molecule has 1 aliphatic heterocycles. The van der Waals surface area contributed by atoms with E-state index in [2.05, 4.69) is 21.9 Å². The van der Waals surface area contributed by atoms with Gasteiger partial charge in [-0.25, -0.2) is 23.2 Å². The zero-order valence-electron chi connectivity index (χ0n) is 19.5. The van der Waals surface area contributed by atoms with Gasteiger partial charge in [0.25, 0.3) is 0 Å². The minimum Gasteiger partial charge on any atom is -0.444 e. The Labute approximate surface area is 195 Å². The number of amides is 1. The summed E-state index contributed by atoms with van der Waals surface area (Å²) in [7, 11) is -3.71. The number of sulfonamides is 1. The van der Waals surface area contributed by atoms with Gasteiger partial charge in [0.2, 0.25) is 16.0 Å². The van der Waals surface area contributed by atoms with Crippen LogP contribution in [0.15, 0.2) is 42.1 Å². The van der Waals surface area contributed by atoms with Crippen LogP contribution in [-0.2, 0) is 14.8 Å². The summed E-state index contributed by atoms with van der Waals surface area (Å²) < 4.78 is 33.4. The first-order valence-electron chi connectivity index (χ1n) is 10.8. The molecule has 0 aliphatic carbocycles. The first kappa shape index (κ1) is 24.7. The minimum atomic E-state index is -3.71. The molecule has 3 rings (SSSR count). The van der Waals surface area contributed by atoms with Crippen molar-refractivity contribution in [3.63, 3.8) is 0 Å². The van der Waals surface area contributed by atoms with Crippen molar-refractivity contribution in [3.8, 4) is 0 Å². The second kappa shape index (κ2) is 9.88. The average molecular weight is 474 g/mol. The van der Waals surface area contributed by atoms with Gasteiger partial charge in [-0.1, -0.05) is 12.7 Å². The fourth-order valence-corrected chi connectivity index (χ4v) is 4.91. The Hall–Kier alpha value is -2.98. The lowest BCUT2D eigenvalue weighted by atomic mass is 10.2. The molecular weight excluding hydrogens is 442 g/mol. The van der Waals surface area contributed by atoms with E-state index in [0.29, 0.717) is 31.1 Å². The lowest BCUT2D eigenvalue weighted by molar-refractivity contribution is 0.0260. The number of aromatic nitrogens is 2. The molecule has 10 heteroatoms. The van der Waals surface area contributed by atoms with E-state index in [1.54, 1.807) is 41.6 Å². The highest BCUT2D eigenvalue weighted by Gasteiger charge is 2.30. The van der Waals surface area contributed by atoms with Gasteiger partial charge in [-0.2, -0.15) is 4.31 Å². The van der Waals surface area contributed by atoms with Gasteiger partial charge in [-0.05, 0) is 57.9 Å². The fourth-order valence-electron chi connectivity index (χ4n) is 3.36. The maximum atomic E-state index is 13.3. The van der Waals surface area contributed by atoms with Gasteiger partial charge in [-0.15, -0.1) is 0 Å². The monoisotopic (exact) mass is 473 g/mol. The molecule has 1 aromatic heterocycles. The molecule has 0 spiro atoms. The summed E-state index contributed by atoms with van der Waals surface area (Å²) >= 11 is 0. The topological polar surface area (TPSA) is 105 Å². The Bertz CT molecular complexity index is 1110. The number of anilines is 2. The van der Waals surface area contributed by atoms with Crippen molar-refractivity contribution in [2.24, 2.45) is 0 Å². The van der Waals surface area contributed by atoms with Gasteiger partial charge in [0.05, 0.1) is 4.90 Å². The van der Waals surface area contributed by atoms with Crippen LogP contribution in [0.4, 0.5) is 16.4 Å².